The smallest absolute Gasteiger partial charge is 0.252 e. The molecule has 0 aliphatic rings. The lowest BCUT2D eigenvalue weighted by Crippen LogP contribution is -2.13. The molecule has 0 spiro atoms. The molecule has 0 saturated heterocycles. The van der Waals surface area contributed by atoms with E-state index in [-0.39, 0.29) is 5.91 Å². The quantitative estimate of drug-likeness (QED) is 0.509. The Morgan fingerprint density at radius 1 is 1.59 bits per heavy atom. The number of carbonyl (C=O) groups excluding carboxylic acids is 1. The van der Waals surface area contributed by atoms with Crippen LogP contribution in [0.3, 0.4) is 0 Å². The van der Waals surface area contributed by atoms with Gasteiger partial charge in [0.1, 0.15) is 11.6 Å². The third-order valence-corrected chi connectivity index (χ3v) is 2.19. The highest BCUT2D eigenvalue weighted by molar-refractivity contribution is 6.30. The normalized spacial score (nSPS) is 10.9. The maximum Gasteiger partial charge on any atom is 0.252 e. The van der Waals surface area contributed by atoms with Gasteiger partial charge in [-0.25, -0.2) is 4.98 Å². The summed E-state index contributed by atoms with van der Waals surface area (Å²) in [5.41, 5.74) is 0.480. The molecule has 0 saturated carbocycles. The molecular formula is C12H13ClN2O2. The van der Waals surface area contributed by atoms with E-state index in [1.165, 1.54) is 13.3 Å². The van der Waals surface area contributed by atoms with Crippen LogP contribution in [0.15, 0.2) is 42.3 Å². The molecule has 0 atom stereocenters. The second kappa shape index (κ2) is 6.06. The lowest BCUT2D eigenvalue weighted by molar-refractivity contribution is -0.112. The van der Waals surface area contributed by atoms with Gasteiger partial charge in [-0.2, -0.15) is 0 Å². The summed E-state index contributed by atoms with van der Waals surface area (Å²) in [7, 11) is 1.49. The van der Waals surface area contributed by atoms with E-state index in [9.17, 15) is 4.79 Å². The number of aromatic nitrogens is 1. The van der Waals surface area contributed by atoms with Gasteiger partial charge in [0.05, 0.1) is 12.1 Å². The van der Waals surface area contributed by atoms with E-state index in [2.05, 4.69) is 16.9 Å². The number of pyridine rings is 1. The van der Waals surface area contributed by atoms with Crippen molar-refractivity contribution in [3.05, 3.63) is 47.3 Å². The first-order chi connectivity index (χ1) is 8.02. The summed E-state index contributed by atoms with van der Waals surface area (Å²) >= 11 is 5.68. The standard InChI is InChI=1S/C12H13ClN2O2/c1-8(6-9(2)17-3)12(16)15-11-5-4-10(13)7-14-11/h4-7H,2H2,1,3H3,(H,14,15,16)/b8-6+. The SMILES string of the molecule is C=C(/C=C(\C)C(=O)Nc1ccc(Cl)cn1)OC. The monoisotopic (exact) mass is 252 g/mol. The van der Waals surface area contributed by atoms with Gasteiger partial charge >= 0.3 is 0 Å². The number of hydrogen-bond acceptors (Lipinski definition) is 3. The van der Waals surface area contributed by atoms with Crippen LogP contribution in [0.1, 0.15) is 6.92 Å². The Bertz CT molecular complexity index is 452. The number of nitrogens with one attached hydrogen (secondary N) is 1. The molecule has 1 aromatic rings. The Morgan fingerprint density at radius 3 is 2.82 bits per heavy atom. The van der Waals surface area contributed by atoms with Crippen molar-refractivity contribution in [3.63, 3.8) is 0 Å². The minimum atomic E-state index is -0.266. The van der Waals surface area contributed by atoms with E-state index >= 15 is 0 Å². The molecule has 1 rings (SSSR count). The summed E-state index contributed by atoms with van der Waals surface area (Å²) in [6.07, 6.45) is 3.01. The highest BCUT2D eigenvalue weighted by Crippen LogP contribution is 2.11. The van der Waals surface area contributed by atoms with E-state index < -0.39 is 0 Å². The highest BCUT2D eigenvalue weighted by atomic mass is 35.5. The Kier molecular flexibility index (Phi) is 4.72. The molecule has 0 radical (unpaired) electrons. The molecule has 90 valence electrons. The summed E-state index contributed by atoms with van der Waals surface area (Å²) in [4.78, 5) is 15.7. The van der Waals surface area contributed by atoms with E-state index in [1.807, 2.05) is 0 Å². The third-order valence-electron chi connectivity index (χ3n) is 1.97. The Morgan fingerprint density at radius 2 is 2.29 bits per heavy atom. The number of ether oxygens (including phenoxy) is 1. The molecule has 17 heavy (non-hydrogen) atoms. The summed E-state index contributed by atoms with van der Waals surface area (Å²) in [6.45, 7) is 5.26. The molecule has 1 heterocycles. The van der Waals surface area contributed by atoms with E-state index in [4.69, 9.17) is 16.3 Å². The van der Waals surface area contributed by atoms with E-state index in [0.29, 0.717) is 22.2 Å². The van der Waals surface area contributed by atoms with Crippen molar-refractivity contribution in [2.45, 2.75) is 6.92 Å². The van der Waals surface area contributed by atoms with Crippen LogP contribution in [0, 0.1) is 0 Å². The number of rotatable bonds is 4. The lowest BCUT2D eigenvalue weighted by Gasteiger charge is -2.05. The predicted molar refractivity (Wildman–Crippen MR) is 67.8 cm³/mol. The number of hydrogen-bond donors (Lipinski definition) is 1. The fourth-order valence-electron chi connectivity index (χ4n) is 1.03. The molecule has 5 heteroatoms. The topological polar surface area (TPSA) is 51.2 Å². The number of methoxy groups -OCH3 is 1. The second-order valence-electron chi connectivity index (χ2n) is 3.31. The molecule has 1 N–H and O–H groups in total. The van der Waals surface area contributed by atoms with Gasteiger partial charge in [0.25, 0.3) is 5.91 Å². The number of anilines is 1. The van der Waals surface area contributed by atoms with Gasteiger partial charge in [-0.3, -0.25) is 4.79 Å². The fraction of sp³-hybridized carbons (Fsp3) is 0.167. The van der Waals surface area contributed by atoms with Crippen LogP contribution in [0.5, 0.6) is 0 Å². The number of nitrogens with zero attached hydrogens (tertiary/aromatic N) is 1. The van der Waals surface area contributed by atoms with Gasteiger partial charge in [-0.05, 0) is 25.1 Å². The Balaban J connectivity index is 2.69. The van der Waals surface area contributed by atoms with Crippen molar-refractivity contribution in [2.75, 3.05) is 12.4 Å². The molecule has 0 fully saturated rings. The minimum absolute atomic E-state index is 0.266. The number of carbonyl (C=O) groups is 1. The van der Waals surface area contributed by atoms with Crippen LogP contribution in [0.25, 0.3) is 0 Å². The van der Waals surface area contributed by atoms with Crippen molar-refractivity contribution >= 4 is 23.3 Å². The Labute approximate surface area is 105 Å². The largest absolute Gasteiger partial charge is 0.497 e. The maximum atomic E-state index is 11.7. The zero-order valence-electron chi connectivity index (χ0n) is 9.66. The maximum absolute atomic E-state index is 11.7. The van der Waals surface area contributed by atoms with Crippen LogP contribution >= 0.6 is 11.6 Å². The number of halogens is 1. The van der Waals surface area contributed by atoms with E-state index in [1.54, 1.807) is 25.1 Å². The highest BCUT2D eigenvalue weighted by Gasteiger charge is 2.06. The first kappa shape index (κ1) is 13.3. The molecule has 1 amide bonds. The zero-order chi connectivity index (χ0) is 12.8. The van der Waals surface area contributed by atoms with Crippen molar-refractivity contribution in [1.29, 1.82) is 0 Å². The fourth-order valence-corrected chi connectivity index (χ4v) is 1.14. The number of allylic oxidation sites excluding steroid dienone is 1. The second-order valence-corrected chi connectivity index (χ2v) is 3.75. The molecule has 1 aromatic heterocycles. The molecular weight excluding hydrogens is 240 g/mol. The van der Waals surface area contributed by atoms with Crippen molar-refractivity contribution < 1.29 is 9.53 Å². The van der Waals surface area contributed by atoms with Crippen molar-refractivity contribution in [1.82, 2.24) is 4.98 Å². The predicted octanol–water partition coefficient (Wildman–Crippen LogP) is 2.78. The zero-order valence-corrected chi connectivity index (χ0v) is 10.4. The van der Waals surface area contributed by atoms with Crippen LogP contribution in [-0.4, -0.2) is 18.0 Å². The van der Waals surface area contributed by atoms with E-state index in [0.717, 1.165) is 0 Å². The molecule has 4 nitrogen and oxygen atoms in total. The first-order valence-electron chi connectivity index (χ1n) is 4.87. The van der Waals surface area contributed by atoms with Gasteiger partial charge in [0.15, 0.2) is 0 Å². The van der Waals surface area contributed by atoms with Gasteiger partial charge in [-0.15, -0.1) is 0 Å². The molecule has 0 aliphatic carbocycles. The van der Waals surface area contributed by atoms with Crippen LogP contribution < -0.4 is 5.32 Å². The van der Waals surface area contributed by atoms with Crippen molar-refractivity contribution in [2.24, 2.45) is 0 Å². The molecule has 0 unspecified atom stereocenters. The van der Waals surface area contributed by atoms with Gasteiger partial charge in [-0.1, -0.05) is 18.2 Å². The van der Waals surface area contributed by atoms with Gasteiger partial charge in [0, 0.05) is 11.8 Å². The summed E-state index contributed by atoms with van der Waals surface area (Å²) in [5, 5.41) is 3.14. The van der Waals surface area contributed by atoms with Crippen LogP contribution in [0.2, 0.25) is 5.02 Å². The minimum Gasteiger partial charge on any atom is -0.497 e. The van der Waals surface area contributed by atoms with Crippen LogP contribution in [0.4, 0.5) is 5.82 Å². The molecule has 0 aromatic carbocycles. The Hall–Kier alpha value is -1.81. The number of amides is 1. The molecule has 0 aliphatic heterocycles. The van der Waals surface area contributed by atoms with Gasteiger partial charge in [0.2, 0.25) is 0 Å². The first-order valence-corrected chi connectivity index (χ1v) is 5.25. The van der Waals surface area contributed by atoms with Crippen LogP contribution in [-0.2, 0) is 9.53 Å². The van der Waals surface area contributed by atoms with Crippen molar-refractivity contribution in [3.8, 4) is 0 Å². The third kappa shape index (κ3) is 4.28. The summed E-state index contributed by atoms with van der Waals surface area (Å²) in [6, 6.07) is 3.27. The average Bonchev–Trinajstić information content (AvgIpc) is 2.31. The van der Waals surface area contributed by atoms with Gasteiger partial charge < -0.3 is 10.1 Å². The molecule has 0 bridgehead atoms. The average molecular weight is 253 g/mol. The lowest BCUT2D eigenvalue weighted by atomic mass is 10.2. The summed E-state index contributed by atoms with van der Waals surface area (Å²) in [5.74, 6) is 0.593. The summed E-state index contributed by atoms with van der Waals surface area (Å²) < 4.78 is 4.85.